The van der Waals surface area contributed by atoms with E-state index in [0.29, 0.717) is 17.3 Å². The van der Waals surface area contributed by atoms with E-state index in [2.05, 4.69) is 10.4 Å². The number of aromatic nitrogens is 2. The predicted molar refractivity (Wildman–Crippen MR) is 89.7 cm³/mol. The van der Waals surface area contributed by atoms with Crippen LogP contribution in [0.3, 0.4) is 0 Å². The molecule has 3 rings (SSSR count). The average molecular weight is 331 g/mol. The molecule has 122 valence electrons. The third kappa shape index (κ3) is 4.07. The van der Waals surface area contributed by atoms with Crippen LogP contribution in [-0.4, -0.2) is 27.5 Å². The Morgan fingerprint density at radius 1 is 1.35 bits per heavy atom. The predicted octanol–water partition coefficient (Wildman–Crippen LogP) is 2.99. The first-order valence-corrected chi connectivity index (χ1v) is 8.86. The SMILES string of the molecule is CC(=O)c1cc(CC(=O)NC2CCC(n3cccn3)CC2)cs1. The van der Waals surface area contributed by atoms with E-state index in [1.807, 2.05) is 34.6 Å². The molecule has 2 aromatic heterocycles. The molecule has 0 unspecified atom stereocenters. The van der Waals surface area contributed by atoms with Gasteiger partial charge in [-0.25, -0.2) is 0 Å². The van der Waals surface area contributed by atoms with Crippen molar-refractivity contribution in [3.05, 3.63) is 40.3 Å². The highest BCUT2D eigenvalue weighted by Gasteiger charge is 2.23. The minimum absolute atomic E-state index is 0.0421. The smallest absolute Gasteiger partial charge is 0.224 e. The lowest BCUT2D eigenvalue weighted by Gasteiger charge is -2.29. The number of hydrogen-bond donors (Lipinski definition) is 1. The highest BCUT2D eigenvalue weighted by molar-refractivity contribution is 7.12. The number of thiophene rings is 1. The third-order valence-electron chi connectivity index (χ3n) is 4.33. The zero-order valence-corrected chi connectivity index (χ0v) is 14.0. The summed E-state index contributed by atoms with van der Waals surface area (Å²) in [4.78, 5) is 24.2. The molecular formula is C17H21N3O2S. The lowest BCUT2D eigenvalue weighted by atomic mass is 9.91. The van der Waals surface area contributed by atoms with Crippen molar-refractivity contribution in [1.29, 1.82) is 0 Å². The van der Waals surface area contributed by atoms with Crippen LogP contribution >= 0.6 is 11.3 Å². The van der Waals surface area contributed by atoms with E-state index in [1.54, 1.807) is 6.92 Å². The molecule has 1 N–H and O–H groups in total. The van der Waals surface area contributed by atoms with E-state index in [1.165, 1.54) is 11.3 Å². The number of carbonyl (C=O) groups excluding carboxylic acids is 2. The zero-order chi connectivity index (χ0) is 16.2. The van der Waals surface area contributed by atoms with Gasteiger partial charge >= 0.3 is 0 Å². The van der Waals surface area contributed by atoms with E-state index in [9.17, 15) is 9.59 Å². The first kappa shape index (κ1) is 15.9. The van der Waals surface area contributed by atoms with Gasteiger partial charge < -0.3 is 5.32 Å². The van der Waals surface area contributed by atoms with Crippen molar-refractivity contribution in [2.24, 2.45) is 0 Å². The summed E-state index contributed by atoms with van der Waals surface area (Å²) in [6.07, 6.45) is 8.22. The molecule has 1 amide bonds. The van der Waals surface area contributed by atoms with E-state index < -0.39 is 0 Å². The van der Waals surface area contributed by atoms with Crippen LogP contribution in [0.25, 0.3) is 0 Å². The summed E-state index contributed by atoms with van der Waals surface area (Å²) in [6, 6.07) is 4.47. The molecule has 0 aromatic carbocycles. The van der Waals surface area contributed by atoms with Crippen LogP contribution in [0.15, 0.2) is 29.9 Å². The van der Waals surface area contributed by atoms with Crippen LogP contribution in [0.2, 0.25) is 0 Å². The summed E-state index contributed by atoms with van der Waals surface area (Å²) in [6.45, 7) is 1.55. The number of hydrogen-bond acceptors (Lipinski definition) is 4. The Morgan fingerprint density at radius 3 is 2.74 bits per heavy atom. The van der Waals surface area contributed by atoms with Crippen LogP contribution in [0.5, 0.6) is 0 Å². The summed E-state index contributed by atoms with van der Waals surface area (Å²) in [5.74, 6) is 0.0963. The molecule has 0 atom stereocenters. The van der Waals surface area contributed by atoms with Gasteiger partial charge in [-0.15, -0.1) is 11.3 Å². The molecule has 5 nitrogen and oxygen atoms in total. The lowest BCUT2D eigenvalue weighted by Crippen LogP contribution is -2.38. The molecule has 1 aliphatic carbocycles. The van der Waals surface area contributed by atoms with Gasteiger partial charge in [-0.05, 0) is 55.7 Å². The van der Waals surface area contributed by atoms with Crippen molar-refractivity contribution < 1.29 is 9.59 Å². The second-order valence-corrected chi connectivity index (χ2v) is 7.02. The van der Waals surface area contributed by atoms with Crippen molar-refractivity contribution in [2.45, 2.75) is 51.1 Å². The summed E-state index contributed by atoms with van der Waals surface area (Å²) < 4.78 is 2.02. The van der Waals surface area contributed by atoms with Gasteiger partial charge in [-0.3, -0.25) is 14.3 Å². The summed E-state index contributed by atoms with van der Waals surface area (Å²) in [5.41, 5.74) is 0.919. The molecule has 23 heavy (non-hydrogen) atoms. The van der Waals surface area contributed by atoms with Gasteiger partial charge in [-0.1, -0.05) is 0 Å². The molecule has 0 bridgehead atoms. The Bertz CT molecular complexity index is 670. The van der Waals surface area contributed by atoms with E-state index >= 15 is 0 Å². The normalized spacial score (nSPS) is 21.1. The Morgan fingerprint density at radius 2 is 2.13 bits per heavy atom. The Hall–Kier alpha value is -1.95. The summed E-state index contributed by atoms with van der Waals surface area (Å²) in [7, 11) is 0. The summed E-state index contributed by atoms with van der Waals surface area (Å²) >= 11 is 1.41. The van der Waals surface area contributed by atoms with Gasteiger partial charge in [0.15, 0.2) is 5.78 Å². The highest BCUT2D eigenvalue weighted by Crippen LogP contribution is 2.27. The largest absolute Gasteiger partial charge is 0.353 e. The minimum atomic E-state index is 0.0421. The van der Waals surface area contributed by atoms with E-state index in [-0.39, 0.29) is 17.7 Å². The van der Waals surface area contributed by atoms with Crippen LogP contribution < -0.4 is 5.32 Å². The van der Waals surface area contributed by atoms with Gasteiger partial charge in [-0.2, -0.15) is 5.10 Å². The first-order chi connectivity index (χ1) is 11.1. The second-order valence-electron chi connectivity index (χ2n) is 6.11. The number of rotatable bonds is 5. The van der Waals surface area contributed by atoms with Gasteiger partial charge in [0, 0.05) is 18.4 Å². The maximum absolute atomic E-state index is 12.2. The van der Waals surface area contributed by atoms with Crippen molar-refractivity contribution in [2.75, 3.05) is 0 Å². The van der Waals surface area contributed by atoms with Gasteiger partial charge in [0.25, 0.3) is 0 Å². The molecule has 0 radical (unpaired) electrons. The number of carbonyl (C=O) groups is 2. The number of ketones is 1. The topological polar surface area (TPSA) is 64.0 Å². The molecule has 0 aliphatic heterocycles. The van der Waals surface area contributed by atoms with Crippen LogP contribution in [0, 0.1) is 0 Å². The number of Topliss-reactive ketones (excluding diaryl/α,β-unsaturated/α-hetero) is 1. The monoisotopic (exact) mass is 331 g/mol. The summed E-state index contributed by atoms with van der Waals surface area (Å²) in [5, 5.41) is 9.32. The fourth-order valence-corrected chi connectivity index (χ4v) is 3.91. The third-order valence-corrected chi connectivity index (χ3v) is 5.41. The molecule has 1 saturated carbocycles. The molecule has 1 fully saturated rings. The van der Waals surface area contributed by atoms with Crippen LogP contribution in [-0.2, 0) is 11.2 Å². The fourth-order valence-electron chi connectivity index (χ4n) is 3.10. The number of nitrogens with zero attached hydrogens (tertiary/aromatic N) is 2. The Labute approximate surface area is 139 Å². The van der Waals surface area contributed by atoms with Gasteiger partial charge in [0.05, 0.1) is 17.3 Å². The van der Waals surface area contributed by atoms with Crippen LogP contribution in [0.1, 0.15) is 53.9 Å². The Balaban J connectivity index is 1.46. The maximum atomic E-state index is 12.2. The zero-order valence-electron chi connectivity index (χ0n) is 13.2. The molecule has 0 saturated heterocycles. The quantitative estimate of drug-likeness (QED) is 0.857. The van der Waals surface area contributed by atoms with Gasteiger partial charge in [0.1, 0.15) is 0 Å². The van der Waals surface area contributed by atoms with Gasteiger partial charge in [0.2, 0.25) is 5.91 Å². The number of nitrogens with one attached hydrogen (secondary N) is 1. The maximum Gasteiger partial charge on any atom is 0.224 e. The standard InChI is InChI=1S/C17H21N3O2S/c1-12(21)16-9-13(11-23-16)10-17(22)19-14-3-5-15(6-4-14)20-8-2-7-18-20/h2,7-9,11,14-15H,3-6,10H2,1H3,(H,19,22). The molecule has 0 spiro atoms. The van der Waals surface area contributed by atoms with Crippen molar-refractivity contribution in [1.82, 2.24) is 15.1 Å². The van der Waals surface area contributed by atoms with Crippen LogP contribution in [0.4, 0.5) is 0 Å². The van der Waals surface area contributed by atoms with E-state index in [4.69, 9.17) is 0 Å². The van der Waals surface area contributed by atoms with E-state index in [0.717, 1.165) is 31.2 Å². The molecule has 6 heteroatoms. The average Bonchev–Trinajstić information content (AvgIpc) is 3.19. The number of amides is 1. The lowest BCUT2D eigenvalue weighted by molar-refractivity contribution is -0.121. The highest BCUT2D eigenvalue weighted by atomic mass is 32.1. The second kappa shape index (κ2) is 7.08. The Kier molecular flexibility index (Phi) is 4.91. The molecule has 1 aliphatic rings. The molecule has 2 aromatic rings. The molecular weight excluding hydrogens is 310 g/mol. The van der Waals surface area contributed by atoms with Crippen molar-refractivity contribution in [3.8, 4) is 0 Å². The van der Waals surface area contributed by atoms with Crippen molar-refractivity contribution in [3.63, 3.8) is 0 Å². The first-order valence-electron chi connectivity index (χ1n) is 7.98. The fraction of sp³-hybridized carbons (Fsp3) is 0.471. The molecule has 2 heterocycles. The van der Waals surface area contributed by atoms with Crippen molar-refractivity contribution >= 4 is 23.0 Å². The minimum Gasteiger partial charge on any atom is -0.353 e.